The maximum atomic E-state index is 8.84. The van der Waals surface area contributed by atoms with Gasteiger partial charge < -0.3 is 0 Å². The summed E-state index contributed by atoms with van der Waals surface area (Å²) in [5.41, 5.74) is 4.40. The van der Waals surface area contributed by atoms with Gasteiger partial charge in [-0.05, 0) is 37.6 Å². The minimum absolute atomic E-state index is 0.521. The van der Waals surface area contributed by atoms with Gasteiger partial charge in [-0.2, -0.15) is 5.26 Å². The SMILES string of the molecule is Cc1cc(C)cc(CSc2ccc(C#N)c(Cl)c2)c1. The molecule has 0 N–H and O–H groups in total. The zero-order chi connectivity index (χ0) is 13.8. The molecule has 19 heavy (non-hydrogen) atoms. The lowest BCUT2D eigenvalue weighted by Crippen LogP contribution is -1.86. The summed E-state index contributed by atoms with van der Waals surface area (Å²) < 4.78 is 0. The van der Waals surface area contributed by atoms with Crippen molar-refractivity contribution in [3.63, 3.8) is 0 Å². The topological polar surface area (TPSA) is 23.8 Å². The molecule has 0 saturated carbocycles. The molecule has 2 aromatic carbocycles. The van der Waals surface area contributed by atoms with Crippen LogP contribution in [-0.4, -0.2) is 0 Å². The van der Waals surface area contributed by atoms with Crippen LogP contribution in [0, 0.1) is 25.2 Å². The Morgan fingerprint density at radius 2 is 1.79 bits per heavy atom. The minimum Gasteiger partial charge on any atom is -0.192 e. The average Bonchev–Trinajstić information content (AvgIpc) is 2.35. The molecule has 3 heteroatoms. The van der Waals surface area contributed by atoms with Gasteiger partial charge in [0.2, 0.25) is 0 Å². The van der Waals surface area contributed by atoms with Crippen LogP contribution in [0.2, 0.25) is 5.02 Å². The van der Waals surface area contributed by atoms with E-state index >= 15 is 0 Å². The summed E-state index contributed by atoms with van der Waals surface area (Å²) in [5, 5.41) is 9.36. The third-order valence-corrected chi connectivity index (χ3v) is 4.13. The van der Waals surface area contributed by atoms with Crippen molar-refractivity contribution in [2.75, 3.05) is 0 Å². The van der Waals surface area contributed by atoms with E-state index < -0.39 is 0 Å². The number of halogens is 1. The molecule has 0 heterocycles. The van der Waals surface area contributed by atoms with Gasteiger partial charge in [-0.25, -0.2) is 0 Å². The Hall–Kier alpha value is -1.43. The fraction of sp³-hybridized carbons (Fsp3) is 0.188. The van der Waals surface area contributed by atoms with Crippen molar-refractivity contribution in [2.24, 2.45) is 0 Å². The molecule has 0 saturated heterocycles. The molecule has 0 bridgehead atoms. The minimum atomic E-state index is 0.521. The fourth-order valence-corrected chi connectivity index (χ4v) is 3.15. The number of rotatable bonds is 3. The Morgan fingerprint density at radius 3 is 2.37 bits per heavy atom. The molecule has 0 aromatic heterocycles. The average molecular weight is 288 g/mol. The zero-order valence-electron chi connectivity index (χ0n) is 10.9. The number of hydrogen-bond acceptors (Lipinski definition) is 2. The van der Waals surface area contributed by atoms with Gasteiger partial charge in [0.25, 0.3) is 0 Å². The van der Waals surface area contributed by atoms with E-state index in [4.69, 9.17) is 16.9 Å². The van der Waals surface area contributed by atoms with E-state index in [1.54, 1.807) is 17.8 Å². The summed E-state index contributed by atoms with van der Waals surface area (Å²) in [7, 11) is 0. The molecular weight excluding hydrogens is 274 g/mol. The van der Waals surface area contributed by atoms with Crippen molar-refractivity contribution < 1.29 is 0 Å². The van der Waals surface area contributed by atoms with E-state index in [-0.39, 0.29) is 0 Å². The van der Waals surface area contributed by atoms with Crippen LogP contribution >= 0.6 is 23.4 Å². The highest BCUT2D eigenvalue weighted by Crippen LogP contribution is 2.27. The van der Waals surface area contributed by atoms with Crippen LogP contribution in [-0.2, 0) is 5.75 Å². The van der Waals surface area contributed by atoms with E-state index in [0.717, 1.165) is 10.6 Å². The first-order valence-electron chi connectivity index (χ1n) is 5.98. The predicted molar refractivity (Wildman–Crippen MR) is 81.6 cm³/mol. The lowest BCUT2D eigenvalue weighted by atomic mass is 10.1. The highest BCUT2D eigenvalue weighted by atomic mass is 35.5. The Morgan fingerprint density at radius 1 is 1.11 bits per heavy atom. The second-order valence-electron chi connectivity index (χ2n) is 4.54. The Balaban J connectivity index is 2.10. The molecule has 0 atom stereocenters. The highest BCUT2D eigenvalue weighted by molar-refractivity contribution is 7.98. The number of nitrogens with zero attached hydrogens (tertiary/aromatic N) is 1. The molecule has 2 rings (SSSR count). The van der Waals surface area contributed by atoms with Gasteiger partial charge in [-0.15, -0.1) is 11.8 Å². The van der Waals surface area contributed by atoms with Crippen molar-refractivity contribution >= 4 is 23.4 Å². The van der Waals surface area contributed by atoms with Crippen molar-refractivity contribution in [1.82, 2.24) is 0 Å². The van der Waals surface area contributed by atoms with Crippen molar-refractivity contribution in [3.8, 4) is 6.07 Å². The van der Waals surface area contributed by atoms with Crippen LogP contribution in [0.4, 0.5) is 0 Å². The van der Waals surface area contributed by atoms with Gasteiger partial charge in [0.1, 0.15) is 6.07 Å². The summed E-state index contributed by atoms with van der Waals surface area (Å²) in [5.74, 6) is 0.907. The maximum Gasteiger partial charge on any atom is 0.101 e. The van der Waals surface area contributed by atoms with Crippen molar-refractivity contribution in [1.29, 1.82) is 5.26 Å². The molecule has 96 valence electrons. The molecule has 0 spiro atoms. The zero-order valence-corrected chi connectivity index (χ0v) is 12.5. The maximum absolute atomic E-state index is 8.84. The summed E-state index contributed by atoms with van der Waals surface area (Å²) in [6, 6.07) is 14.2. The molecule has 1 nitrogen and oxygen atoms in total. The van der Waals surface area contributed by atoms with E-state index in [9.17, 15) is 0 Å². The summed E-state index contributed by atoms with van der Waals surface area (Å²) in [4.78, 5) is 1.09. The van der Waals surface area contributed by atoms with Crippen LogP contribution in [0.1, 0.15) is 22.3 Å². The molecule has 0 aliphatic heterocycles. The number of hydrogen-bond donors (Lipinski definition) is 0. The van der Waals surface area contributed by atoms with Gasteiger partial charge in [-0.1, -0.05) is 40.9 Å². The van der Waals surface area contributed by atoms with Crippen LogP contribution in [0.25, 0.3) is 0 Å². The second-order valence-corrected chi connectivity index (χ2v) is 5.99. The summed E-state index contributed by atoms with van der Waals surface area (Å²) in [6.45, 7) is 4.22. The summed E-state index contributed by atoms with van der Waals surface area (Å²) in [6.07, 6.45) is 0. The standard InChI is InChI=1S/C16H14ClNS/c1-11-5-12(2)7-13(6-11)10-19-15-4-3-14(9-18)16(17)8-15/h3-8H,10H2,1-2H3. The van der Waals surface area contributed by atoms with E-state index in [2.05, 4.69) is 38.1 Å². The third-order valence-electron chi connectivity index (χ3n) is 2.75. The van der Waals surface area contributed by atoms with Crippen molar-refractivity contribution in [3.05, 3.63) is 63.7 Å². The van der Waals surface area contributed by atoms with Crippen LogP contribution in [0.3, 0.4) is 0 Å². The molecule has 0 unspecified atom stereocenters. The fourth-order valence-electron chi connectivity index (χ4n) is 2.00. The Labute approximate surface area is 123 Å². The van der Waals surface area contributed by atoms with Gasteiger partial charge in [0.05, 0.1) is 10.6 Å². The number of thioether (sulfide) groups is 1. The lowest BCUT2D eigenvalue weighted by Gasteiger charge is -2.06. The van der Waals surface area contributed by atoms with Crippen molar-refractivity contribution in [2.45, 2.75) is 24.5 Å². The second kappa shape index (κ2) is 6.14. The third kappa shape index (κ3) is 3.76. The molecule has 0 aliphatic carbocycles. The molecule has 0 fully saturated rings. The van der Waals surface area contributed by atoms with E-state index in [1.165, 1.54) is 16.7 Å². The first-order chi connectivity index (χ1) is 9.08. The largest absolute Gasteiger partial charge is 0.192 e. The summed E-state index contributed by atoms with van der Waals surface area (Å²) >= 11 is 7.76. The number of aryl methyl sites for hydroxylation is 2. The first kappa shape index (κ1) is 14.0. The smallest absolute Gasteiger partial charge is 0.101 e. The van der Waals surface area contributed by atoms with E-state index in [1.807, 2.05) is 12.1 Å². The number of nitriles is 1. The normalized spacial score (nSPS) is 10.2. The van der Waals surface area contributed by atoms with Gasteiger partial charge >= 0.3 is 0 Å². The lowest BCUT2D eigenvalue weighted by molar-refractivity contribution is 1.29. The van der Waals surface area contributed by atoms with E-state index in [0.29, 0.717) is 10.6 Å². The van der Waals surface area contributed by atoms with Crippen LogP contribution in [0.15, 0.2) is 41.3 Å². The highest BCUT2D eigenvalue weighted by Gasteiger charge is 2.03. The van der Waals surface area contributed by atoms with Gasteiger partial charge in [-0.3, -0.25) is 0 Å². The Bertz CT molecular complexity index is 623. The van der Waals surface area contributed by atoms with Crippen LogP contribution in [0.5, 0.6) is 0 Å². The molecule has 0 radical (unpaired) electrons. The molecule has 0 amide bonds. The quantitative estimate of drug-likeness (QED) is 0.732. The monoisotopic (exact) mass is 287 g/mol. The first-order valence-corrected chi connectivity index (χ1v) is 7.34. The Kier molecular flexibility index (Phi) is 4.52. The van der Waals surface area contributed by atoms with Gasteiger partial charge in [0, 0.05) is 10.6 Å². The van der Waals surface area contributed by atoms with Crippen LogP contribution < -0.4 is 0 Å². The van der Waals surface area contributed by atoms with Gasteiger partial charge in [0.15, 0.2) is 0 Å². The molecule has 0 aliphatic rings. The predicted octanol–water partition coefficient (Wildman–Crippen LogP) is 5.12. The molecular formula is C16H14ClNS. The molecule has 2 aromatic rings. The number of benzene rings is 2.